The van der Waals surface area contributed by atoms with Crippen LogP contribution in [0, 0.1) is 6.92 Å². The molecule has 19 heavy (non-hydrogen) atoms. The van der Waals surface area contributed by atoms with Crippen LogP contribution in [0.15, 0.2) is 18.2 Å². The van der Waals surface area contributed by atoms with Gasteiger partial charge in [0, 0.05) is 6.54 Å². The molecule has 1 unspecified atom stereocenters. The molecule has 1 aliphatic rings. The van der Waals surface area contributed by atoms with Gasteiger partial charge >= 0.3 is 6.18 Å². The van der Waals surface area contributed by atoms with Crippen LogP contribution in [-0.4, -0.2) is 29.2 Å². The minimum Gasteiger partial charge on any atom is -0.341 e. The summed E-state index contributed by atoms with van der Waals surface area (Å²) in [7, 11) is 0. The number of alkyl halides is 3. The summed E-state index contributed by atoms with van der Waals surface area (Å²) >= 11 is 0. The van der Waals surface area contributed by atoms with Crippen molar-refractivity contribution in [1.82, 2.24) is 15.3 Å². The van der Waals surface area contributed by atoms with E-state index in [-0.39, 0.29) is 18.8 Å². The molecule has 102 valence electrons. The predicted molar refractivity (Wildman–Crippen MR) is 66.1 cm³/mol. The highest BCUT2D eigenvalue weighted by atomic mass is 19.4. The first kappa shape index (κ1) is 12.5. The molecule has 0 saturated carbocycles. The second-order valence-electron chi connectivity index (χ2n) is 5.11. The molecule has 2 heterocycles. The van der Waals surface area contributed by atoms with Crippen molar-refractivity contribution in [3.05, 3.63) is 29.6 Å². The highest BCUT2D eigenvalue weighted by Gasteiger charge is 2.59. The number of rotatable bonds is 1. The van der Waals surface area contributed by atoms with Crippen LogP contribution in [0.3, 0.4) is 0 Å². The topological polar surface area (TPSA) is 40.7 Å². The molecule has 1 aliphatic heterocycles. The van der Waals surface area contributed by atoms with E-state index in [1.165, 1.54) is 0 Å². The predicted octanol–water partition coefficient (Wildman–Crippen LogP) is 2.66. The molecule has 1 atom stereocenters. The second-order valence-corrected chi connectivity index (χ2v) is 5.11. The molecule has 2 aromatic rings. The van der Waals surface area contributed by atoms with Gasteiger partial charge in [0.1, 0.15) is 11.2 Å². The van der Waals surface area contributed by atoms with Crippen molar-refractivity contribution in [2.24, 2.45) is 0 Å². The quantitative estimate of drug-likeness (QED) is 0.835. The molecule has 0 bridgehead atoms. The number of benzene rings is 1. The normalized spacial score (nSPS) is 24.2. The van der Waals surface area contributed by atoms with Crippen molar-refractivity contribution >= 4 is 11.0 Å². The fraction of sp³-hybridized carbons (Fsp3) is 0.462. The lowest BCUT2D eigenvalue weighted by Crippen LogP contribution is -2.45. The van der Waals surface area contributed by atoms with Gasteiger partial charge in [0.25, 0.3) is 0 Å². The third-order valence-electron chi connectivity index (χ3n) is 3.79. The monoisotopic (exact) mass is 269 g/mol. The number of hydrogen-bond acceptors (Lipinski definition) is 2. The zero-order chi connectivity index (χ0) is 13.7. The Morgan fingerprint density at radius 3 is 2.74 bits per heavy atom. The highest BCUT2D eigenvalue weighted by Crippen LogP contribution is 2.44. The molecule has 6 heteroatoms. The van der Waals surface area contributed by atoms with E-state index >= 15 is 0 Å². The number of imidazole rings is 1. The van der Waals surface area contributed by atoms with E-state index in [9.17, 15) is 13.2 Å². The number of fused-ring (bicyclic) bond motifs is 1. The van der Waals surface area contributed by atoms with Crippen molar-refractivity contribution in [2.45, 2.75) is 24.9 Å². The van der Waals surface area contributed by atoms with Crippen molar-refractivity contribution in [2.75, 3.05) is 13.1 Å². The van der Waals surface area contributed by atoms with Crippen LogP contribution in [-0.2, 0) is 5.41 Å². The Balaban J connectivity index is 2.16. The Hall–Kier alpha value is -1.56. The minimum absolute atomic E-state index is 0.0191. The van der Waals surface area contributed by atoms with Crippen LogP contribution in [0.2, 0.25) is 0 Å². The Morgan fingerprint density at radius 1 is 1.32 bits per heavy atom. The Kier molecular flexibility index (Phi) is 2.60. The first-order chi connectivity index (χ1) is 8.92. The maximum absolute atomic E-state index is 13.4. The van der Waals surface area contributed by atoms with Gasteiger partial charge in [-0.05, 0) is 37.6 Å². The first-order valence-corrected chi connectivity index (χ1v) is 6.17. The van der Waals surface area contributed by atoms with Gasteiger partial charge in [0.15, 0.2) is 0 Å². The average Bonchev–Trinajstić information content (AvgIpc) is 2.93. The molecule has 1 aromatic carbocycles. The average molecular weight is 269 g/mol. The molecular weight excluding hydrogens is 255 g/mol. The number of hydrogen-bond donors (Lipinski definition) is 2. The molecule has 0 amide bonds. The van der Waals surface area contributed by atoms with Crippen molar-refractivity contribution in [3.63, 3.8) is 0 Å². The number of aryl methyl sites for hydroxylation is 1. The summed E-state index contributed by atoms with van der Waals surface area (Å²) in [6.45, 7) is 2.14. The maximum atomic E-state index is 13.4. The van der Waals surface area contributed by atoms with E-state index in [1.807, 2.05) is 19.1 Å². The van der Waals surface area contributed by atoms with E-state index in [1.54, 1.807) is 6.07 Å². The van der Waals surface area contributed by atoms with Crippen LogP contribution in [0.4, 0.5) is 13.2 Å². The number of aromatic nitrogens is 2. The minimum atomic E-state index is -4.31. The molecule has 3 nitrogen and oxygen atoms in total. The smallest absolute Gasteiger partial charge is 0.341 e. The van der Waals surface area contributed by atoms with Crippen molar-refractivity contribution < 1.29 is 13.2 Å². The van der Waals surface area contributed by atoms with Crippen LogP contribution < -0.4 is 5.32 Å². The lowest BCUT2D eigenvalue weighted by Gasteiger charge is -2.28. The van der Waals surface area contributed by atoms with E-state index < -0.39 is 11.6 Å². The lowest BCUT2D eigenvalue weighted by molar-refractivity contribution is -0.186. The summed E-state index contributed by atoms with van der Waals surface area (Å²) in [5.41, 5.74) is 0.342. The molecule has 1 fully saturated rings. The zero-order valence-electron chi connectivity index (χ0n) is 10.4. The van der Waals surface area contributed by atoms with Gasteiger partial charge in [-0.3, -0.25) is 0 Å². The first-order valence-electron chi connectivity index (χ1n) is 6.17. The Morgan fingerprint density at radius 2 is 2.11 bits per heavy atom. The third-order valence-corrected chi connectivity index (χ3v) is 3.79. The summed E-state index contributed by atoms with van der Waals surface area (Å²) in [5.74, 6) is 0.0191. The highest BCUT2D eigenvalue weighted by molar-refractivity contribution is 5.76. The summed E-state index contributed by atoms with van der Waals surface area (Å²) in [4.78, 5) is 7.01. The van der Waals surface area contributed by atoms with Crippen LogP contribution in [0.1, 0.15) is 17.8 Å². The molecule has 0 spiro atoms. The van der Waals surface area contributed by atoms with Gasteiger partial charge in [-0.15, -0.1) is 0 Å². The molecular formula is C13H14F3N3. The largest absolute Gasteiger partial charge is 0.402 e. The van der Waals surface area contributed by atoms with Gasteiger partial charge in [-0.2, -0.15) is 13.2 Å². The lowest BCUT2D eigenvalue weighted by atomic mass is 9.85. The fourth-order valence-electron chi connectivity index (χ4n) is 2.62. The molecule has 2 N–H and O–H groups in total. The second kappa shape index (κ2) is 3.96. The summed E-state index contributed by atoms with van der Waals surface area (Å²) in [5, 5.41) is 2.79. The van der Waals surface area contributed by atoms with Gasteiger partial charge < -0.3 is 10.3 Å². The zero-order valence-corrected chi connectivity index (χ0v) is 10.4. The van der Waals surface area contributed by atoms with Crippen LogP contribution in [0.25, 0.3) is 11.0 Å². The van der Waals surface area contributed by atoms with Gasteiger partial charge in [-0.1, -0.05) is 6.07 Å². The van der Waals surface area contributed by atoms with E-state index in [2.05, 4.69) is 15.3 Å². The molecule has 1 aromatic heterocycles. The summed E-state index contributed by atoms with van der Waals surface area (Å²) in [6.07, 6.45) is -4.28. The Labute approximate surface area is 108 Å². The van der Waals surface area contributed by atoms with E-state index in [0.717, 1.165) is 5.56 Å². The van der Waals surface area contributed by atoms with Crippen molar-refractivity contribution in [3.8, 4) is 0 Å². The number of nitrogens with one attached hydrogen (secondary N) is 2. The van der Waals surface area contributed by atoms with Gasteiger partial charge in [0.05, 0.1) is 11.0 Å². The van der Waals surface area contributed by atoms with E-state index in [0.29, 0.717) is 17.6 Å². The molecule has 3 rings (SSSR count). The third kappa shape index (κ3) is 1.82. The number of H-pyrrole nitrogens is 1. The molecule has 0 aliphatic carbocycles. The number of halogens is 3. The summed E-state index contributed by atoms with van der Waals surface area (Å²) in [6, 6.07) is 5.41. The number of aromatic amines is 1. The fourth-order valence-corrected chi connectivity index (χ4v) is 2.62. The standard InChI is InChI=1S/C13H14F3N3/c1-8-2-3-9-10(6-8)19-11(18-9)12(13(14,15)16)4-5-17-7-12/h2-3,6,17H,4-5,7H2,1H3,(H,18,19). The van der Waals surface area contributed by atoms with Gasteiger partial charge in [-0.25, -0.2) is 4.98 Å². The SMILES string of the molecule is Cc1ccc2nc(C3(C(F)(F)F)CCNC3)[nH]c2c1. The van der Waals surface area contributed by atoms with E-state index in [4.69, 9.17) is 0 Å². The molecule has 1 saturated heterocycles. The Bertz CT molecular complexity index is 609. The van der Waals surface area contributed by atoms with Gasteiger partial charge in [0.2, 0.25) is 0 Å². The maximum Gasteiger partial charge on any atom is 0.402 e. The van der Waals surface area contributed by atoms with Crippen molar-refractivity contribution in [1.29, 1.82) is 0 Å². The molecule has 0 radical (unpaired) electrons. The van der Waals surface area contributed by atoms with Crippen LogP contribution in [0.5, 0.6) is 0 Å². The number of nitrogens with zero attached hydrogens (tertiary/aromatic N) is 1. The summed E-state index contributed by atoms with van der Waals surface area (Å²) < 4.78 is 40.2. The van der Waals surface area contributed by atoms with Crippen LogP contribution >= 0.6 is 0 Å².